The topological polar surface area (TPSA) is 84.7 Å². The lowest BCUT2D eigenvalue weighted by Crippen LogP contribution is -2.17. The molecule has 0 saturated carbocycles. The molecule has 7 nitrogen and oxygen atoms in total. The summed E-state index contributed by atoms with van der Waals surface area (Å²) in [6.45, 7) is 1.94. The minimum absolute atomic E-state index is 0.120. The number of imidazole rings is 1. The highest BCUT2D eigenvalue weighted by Gasteiger charge is 2.11. The summed E-state index contributed by atoms with van der Waals surface area (Å²) >= 11 is 0. The summed E-state index contributed by atoms with van der Waals surface area (Å²) in [5, 5.41) is 5.82. The first kappa shape index (κ1) is 16.7. The van der Waals surface area contributed by atoms with Crippen LogP contribution in [0, 0.1) is 6.92 Å². The molecular formula is C20H18N6O. The number of anilines is 2. The monoisotopic (exact) mass is 358 g/mol. The van der Waals surface area contributed by atoms with Gasteiger partial charge in [0.05, 0.1) is 23.4 Å². The Balaban J connectivity index is 1.65. The molecule has 134 valence electrons. The van der Waals surface area contributed by atoms with E-state index in [4.69, 9.17) is 0 Å². The number of amides is 1. The summed E-state index contributed by atoms with van der Waals surface area (Å²) in [5.74, 6) is 2.02. The molecule has 1 amide bonds. The number of carbonyl (C=O) groups excluding carboxylic acids is 1. The molecule has 0 fully saturated rings. The minimum Gasteiger partial charge on any atom is -0.355 e. The predicted molar refractivity (Wildman–Crippen MR) is 105 cm³/mol. The minimum atomic E-state index is -0.120. The van der Waals surface area contributed by atoms with Crippen LogP contribution in [0.2, 0.25) is 0 Å². The van der Waals surface area contributed by atoms with Crippen LogP contribution >= 0.6 is 0 Å². The molecule has 2 heterocycles. The maximum atomic E-state index is 11.6. The van der Waals surface area contributed by atoms with Crippen LogP contribution in [-0.2, 0) is 0 Å². The van der Waals surface area contributed by atoms with E-state index in [0.29, 0.717) is 17.2 Å². The highest BCUT2D eigenvalue weighted by atomic mass is 16.1. The van der Waals surface area contributed by atoms with Gasteiger partial charge in [0.25, 0.3) is 5.91 Å². The Kier molecular flexibility index (Phi) is 4.25. The number of benzene rings is 2. The van der Waals surface area contributed by atoms with Crippen LogP contribution in [-0.4, -0.2) is 32.5 Å². The largest absolute Gasteiger partial charge is 0.355 e. The third-order valence-electron chi connectivity index (χ3n) is 4.23. The molecule has 2 aromatic heterocycles. The zero-order chi connectivity index (χ0) is 18.8. The van der Waals surface area contributed by atoms with Crippen LogP contribution in [0.3, 0.4) is 0 Å². The summed E-state index contributed by atoms with van der Waals surface area (Å²) < 4.78 is 1.97. The van der Waals surface area contributed by atoms with Crippen molar-refractivity contribution in [2.24, 2.45) is 0 Å². The van der Waals surface area contributed by atoms with E-state index in [1.54, 1.807) is 31.6 Å². The van der Waals surface area contributed by atoms with E-state index in [9.17, 15) is 4.79 Å². The summed E-state index contributed by atoms with van der Waals surface area (Å²) in [7, 11) is 1.61. The van der Waals surface area contributed by atoms with Crippen molar-refractivity contribution in [3.8, 4) is 5.82 Å². The average Bonchev–Trinajstić information content (AvgIpc) is 3.04. The third-order valence-corrected chi connectivity index (χ3v) is 4.23. The van der Waals surface area contributed by atoms with Gasteiger partial charge in [-0.25, -0.2) is 9.97 Å². The van der Waals surface area contributed by atoms with Crippen LogP contribution in [0.15, 0.2) is 60.9 Å². The number of nitrogens with one attached hydrogen (secondary N) is 2. The van der Waals surface area contributed by atoms with E-state index in [2.05, 4.69) is 25.6 Å². The van der Waals surface area contributed by atoms with Crippen molar-refractivity contribution >= 4 is 28.4 Å². The van der Waals surface area contributed by atoms with E-state index in [1.165, 1.54) is 0 Å². The van der Waals surface area contributed by atoms with Gasteiger partial charge in [0.2, 0.25) is 0 Å². The second-order valence-electron chi connectivity index (χ2n) is 6.03. The highest BCUT2D eigenvalue weighted by molar-refractivity contribution is 5.94. The smallest absolute Gasteiger partial charge is 0.251 e. The normalized spacial score (nSPS) is 10.7. The molecule has 0 aliphatic heterocycles. The van der Waals surface area contributed by atoms with E-state index < -0.39 is 0 Å². The zero-order valence-corrected chi connectivity index (χ0v) is 15.0. The second kappa shape index (κ2) is 6.87. The molecule has 0 aliphatic carbocycles. The van der Waals surface area contributed by atoms with Crippen molar-refractivity contribution in [3.05, 3.63) is 72.3 Å². The van der Waals surface area contributed by atoms with Crippen molar-refractivity contribution in [1.29, 1.82) is 0 Å². The second-order valence-corrected chi connectivity index (χ2v) is 6.03. The molecular weight excluding hydrogens is 340 g/mol. The lowest BCUT2D eigenvalue weighted by atomic mass is 10.2. The molecule has 7 heteroatoms. The number of fused-ring (bicyclic) bond motifs is 1. The molecule has 27 heavy (non-hydrogen) atoms. The first-order valence-corrected chi connectivity index (χ1v) is 8.51. The van der Waals surface area contributed by atoms with Crippen LogP contribution in [0.4, 0.5) is 11.5 Å². The maximum Gasteiger partial charge on any atom is 0.251 e. The molecule has 2 aromatic carbocycles. The van der Waals surface area contributed by atoms with Gasteiger partial charge in [-0.05, 0) is 43.3 Å². The van der Waals surface area contributed by atoms with Crippen molar-refractivity contribution in [2.75, 3.05) is 12.4 Å². The molecule has 0 aliphatic rings. The molecule has 0 spiro atoms. The fraction of sp³-hybridized carbons (Fsp3) is 0.100. The van der Waals surface area contributed by atoms with Crippen LogP contribution in [0.25, 0.3) is 16.9 Å². The number of hydrogen-bond donors (Lipinski definition) is 2. The number of aryl methyl sites for hydroxylation is 1. The van der Waals surface area contributed by atoms with Crippen molar-refractivity contribution in [1.82, 2.24) is 24.8 Å². The summed E-state index contributed by atoms with van der Waals surface area (Å²) in [6, 6.07) is 15.1. The summed E-state index contributed by atoms with van der Waals surface area (Å²) in [4.78, 5) is 25.2. The molecule has 0 radical (unpaired) electrons. The molecule has 2 N–H and O–H groups in total. The Morgan fingerprint density at radius 2 is 1.78 bits per heavy atom. The maximum absolute atomic E-state index is 11.6. The zero-order valence-electron chi connectivity index (χ0n) is 15.0. The van der Waals surface area contributed by atoms with Crippen LogP contribution in [0.1, 0.15) is 16.2 Å². The molecule has 0 unspecified atom stereocenters. The third kappa shape index (κ3) is 3.22. The van der Waals surface area contributed by atoms with Gasteiger partial charge in [0.15, 0.2) is 11.6 Å². The van der Waals surface area contributed by atoms with Gasteiger partial charge < -0.3 is 10.6 Å². The Bertz CT molecular complexity index is 1120. The summed E-state index contributed by atoms with van der Waals surface area (Å²) in [5.41, 5.74) is 3.32. The van der Waals surface area contributed by atoms with Gasteiger partial charge in [-0.1, -0.05) is 12.1 Å². The fourth-order valence-electron chi connectivity index (χ4n) is 2.96. The summed E-state index contributed by atoms with van der Waals surface area (Å²) in [6.07, 6.45) is 3.37. The van der Waals surface area contributed by atoms with Crippen molar-refractivity contribution < 1.29 is 4.79 Å². The van der Waals surface area contributed by atoms with E-state index in [0.717, 1.165) is 22.5 Å². The fourth-order valence-corrected chi connectivity index (χ4v) is 2.96. The number of hydrogen-bond acceptors (Lipinski definition) is 5. The average molecular weight is 358 g/mol. The lowest BCUT2D eigenvalue weighted by molar-refractivity contribution is 0.0963. The quantitative estimate of drug-likeness (QED) is 0.585. The molecule has 0 atom stereocenters. The standard InChI is InChI=1S/C20H18N6O/c1-13-23-16-5-3-4-6-17(16)26(13)19-12-22-11-18(25-19)24-15-9-7-14(8-10-15)20(27)21-2/h3-12H,1-2H3,(H,21,27)(H,24,25). The van der Waals surface area contributed by atoms with Crippen LogP contribution in [0.5, 0.6) is 0 Å². The number of rotatable bonds is 4. The van der Waals surface area contributed by atoms with E-state index >= 15 is 0 Å². The van der Waals surface area contributed by atoms with Gasteiger partial charge in [-0.2, -0.15) is 0 Å². The van der Waals surface area contributed by atoms with E-state index in [-0.39, 0.29) is 5.91 Å². The van der Waals surface area contributed by atoms with Gasteiger partial charge in [0.1, 0.15) is 5.82 Å². The van der Waals surface area contributed by atoms with Crippen molar-refractivity contribution in [3.63, 3.8) is 0 Å². The molecule has 4 rings (SSSR count). The number of para-hydroxylation sites is 2. The lowest BCUT2D eigenvalue weighted by Gasteiger charge is -2.10. The highest BCUT2D eigenvalue weighted by Crippen LogP contribution is 2.21. The molecule has 4 aromatic rings. The molecule has 0 saturated heterocycles. The van der Waals surface area contributed by atoms with Gasteiger partial charge in [-0.15, -0.1) is 0 Å². The van der Waals surface area contributed by atoms with Gasteiger partial charge in [-0.3, -0.25) is 14.3 Å². The van der Waals surface area contributed by atoms with Crippen LogP contribution < -0.4 is 10.6 Å². The Labute approximate surface area is 156 Å². The molecule has 0 bridgehead atoms. The number of carbonyl (C=O) groups is 1. The predicted octanol–water partition coefficient (Wildman–Crippen LogP) is 3.23. The SMILES string of the molecule is CNC(=O)c1ccc(Nc2cncc(-n3c(C)nc4ccccc43)n2)cc1. The Morgan fingerprint density at radius 1 is 1.00 bits per heavy atom. The first-order chi connectivity index (χ1) is 13.2. The van der Waals surface area contributed by atoms with Crippen molar-refractivity contribution in [2.45, 2.75) is 6.92 Å². The number of aromatic nitrogens is 4. The van der Waals surface area contributed by atoms with Gasteiger partial charge >= 0.3 is 0 Å². The Morgan fingerprint density at radius 3 is 2.56 bits per heavy atom. The Hall–Kier alpha value is -3.74. The number of nitrogens with zero attached hydrogens (tertiary/aromatic N) is 4. The first-order valence-electron chi connectivity index (χ1n) is 8.51. The van der Waals surface area contributed by atoms with Gasteiger partial charge in [0, 0.05) is 18.3 Å². The van der Waals surface area contributed by atoms with E-state index in [1.807, 2.05) is 47.9 Å².